The fourth-order valence-electron chi connectivity index (χ4n) is 1.90. The molecule has 2 N–H and O–H groups in total. The molecule has 112 valence electrons. The van der Waals surface area contributed by atoms with E-state index in [4.69, 9.17) is 26.8 Å². The summed E-state index contributed by atoms with van der Waals surface area (Å²) in [5.74, 6) is 0.735. The molecule has 0 bridgehead atoms. The van der Waals surface area contributed by atoms with Crippen molar-refractivity contribution in [1.82, 2.24) is 0 Å². The van der Waals surface area contributed by atoms with Gasteiger partial charge < -0.3 is 15.2 Å². The molecule has 0 aliphatic rings. The van der Waals surface area contributed by atoms with Gasteiger partial charge in [0.1, 0.15) is 12.4 Å². The third-order valence-corrected chi connectivity index (χ3v) is 3.34. The second kappa shape index (κ2) is 6.78. The van der Waals surface area contributed by atoms with Gasteiger partial charge in [-0.15, -0.1) is 0 Å². The molecule has 1 atom stereocenters. The fraction of sp³-hybridized carbons (Fsp3) is 0.250. The van der Waals surface area contributed by atoms with Gasteiger partial charge in [-0.1, -0.05) is 17.7 Å². The maximum Gasteiger partial charge on any atom is 0.161 e. The molecule has 5 heteroatoms. The van der Waals surface area contributed by atoms with Crippen molar-refractivity contribution < 1.29 is 13.9 Å². The number of halogens is 2. The first-order valence-electron chi connectivity index (χ1n) is 6.51. The molecule has 1 unspecified atom stereocenters. The second-order valence-corrected chi connectivity index (χ2v) is 5.16. The lowest BCUT2D eigenvalue weighted by molar-refractivity contribution is 0.279. The van der Waals surface area contributed by atoms with Crippen LogP contribution in [0, 0.1) is 5.82 Å². The van der Waals surface area contributed by atoms with E-state index in [0.29, 0.717) is 22.1 Å². The van der Waals surface area contributed by atoms with E-state index in [0.717, 1.165) is 5.56 Å². The van der Waals surface area contributed by atoms with Gasteiger partial charge >= 0.3 is 0 Å². The smallest absolute Gasteiger partial charge is 0.161 e. The van der Waals surface area contributed by atoms with E-state index in [2.05, 4.69) is 0 Å². The van der Waals surface area contributed by atoms with Crippen molar-refractivity contribution in [2.45, 2.75) is 19.6 Å². The molecule has 0 heterocycles. The highest BCUT2D eigenvalue weighted by molar-refractivity contribution is 6.30. The highest BCUT2D eigenvalue weighted by atomic mass is 35.5. The fourth-order valence-corrected chi connectivity index (χ4v) is 2.09. The summed E-state index contributed by atoms with van der Waals surface area (Å²) in [6.45, 7) is 1.96. The van der Waals surface area contributed by atoms with Crippen molar-refractivity contribution in [3.05, 3.63) is 58.4 Å². The van der Waals surface area contributed by atoms with Crippen LogP contribution >= 0.6 is 11.6 Å². The minimum atomic E-state index is -0.356. The van der Waals surface area contributed by atoms with Crippen LogP contribution in [-0.2, 0) is 6.61 Å². The lowest BCUT2D eigenvalue weighted by Gasteiger charge is -2.14. The standard InChI is InChI=1S/C16H17ClFNO2/c1-10(19)11-3-6-15(16(8-11)20-2)21-9-12-7-13(17)4-5-14(12)18/h3-8,10H,9,19H2,1-2H3. The Morgan fingerprint density at radius 1 is 1.19 bits per heavy atom. The van der Waals surface area contributed by atoms with E-state index in [1.807, 2.05) is 19.1 Å². The third kappa shape index (κ3) is 3.86. The Labute approximate surface area is 128 Å². The maximum atomic E-state index is 13.6. The van der Waals surface area contributed by atoms with Crippen molar-refractivity contribution in [1.29, 1.82) is 0 Å². The molecule has 0 fully saturated rings. The molecule has 0 spiro atoms. The average Bonchev–Trinajstić information content (AvgIpc) is 2.47. The number of hydrogen-bond donors (Lipinski definition) is 1. The van der Waals surface area contributed by atoms with Crippen molar-refractivity contribution >= 4 is 11.6 Å². The summed E-state index contributed by atoms with van der Waals surface area (Å²) in [6, 6.07) is 9.69. The van der Waals surface area contributed by atoms with Crippen LogP contribution in [0.15, 0.2) is 36.4 Å². The first kappa shape index (κ1) is 15.6. The van der Waals surface area contributed by atoms with Gasteiger partial charge in [-0.05, 0) is 42.8 Å². The monoisotopic (exact) mass is 309 g/mol. The molecule has 0 aromatic heterocycles. The second-order valence-electron chi connectivity index (χ2n) is 4.72. The summed E-state index contributed by atoms with van der Waals surface area (Å²) in [5.41, 5.74) is 7.16. The maximum absolute atomic E-state index is 13.6. The topological polar surface area (TPSA) is 44.5 Å². The summed E-state index contributed by atoms with van der Waals surface area (Å²) in [6.07, 6.45) is 0. The van der Waals surface area contributed by atoms with Crippen LogP contribution in [0.2, 0.25) is 5.02 Å². The van der Waals surface area contributed by atoms with Crippen molar-refractivity contribution in [2.24, 2.45) is 5.73 Å². The average molecular weight is 310 g/mol. The van der Waals surface area contributed by atoms with Crippen molar-refractivity contribution in [2.75, 3.05) is 7.11 Å². The molecule has 2 aromatic rings. The van der Waals surface area contributed by atoms with Crippen molar-refractivity contribution in [3.63, 3.8) is 0 Å². The Balaban J connectivity index is 2.18. The molecule has 21 heavy (non-hydrogen) atoms. The zero-order valence-corrected chi connectivity index (χ0v) is 12.7. The first-order chi connectivity index (χ1) is 10.0. The van der Waals surface area contributed by atoms with Gasteiger partial charge in [0, 0.05) is 16.6 Å². The van der Waals surface area contributed by atoms with E-state index in [-0.39, 0.29) is 18.5 Å². The zero-order valence-electron chi connectivity index (χ0n) is 11.9. The number of ether oxygens (including phenoxy) is 2. The van der Waals surface area contributed by atoms with Gasteiger partial charge in [0.15, 0.2) is 11.5 Å². The van der Waals surface area contributed by atoms with E-state index in [9.17, 15) is 4.39 Å². The molecule has 0 aliphatic carbocycles. The minimum absolute atomic E-state index is 0.0697. The molecule has 2 rings (SSSR count). The van der Waals surface area contributed by atoms with Gasteiger partial charge in [-0.2, -0.15) is 0 Å². The normalized spacial score (nSPS) is 12.0. The number of hydrogen-bond acceptors (Lipinski definition) is 3. The van der Waals surface area contributed by atoms with Crippen LogP contribution in [0.1, 0.15) is 24.1 Å². The van der Waals surface area contributed by atoms with E-state index >= 15 is 0 Å². The molecule has 3 nitrogen and oxygen atoms in total. The summed E-state index contributed by atoms with van der Waals surface area (Å²) in [4.78, 5) is 0. The quantitative estimate of drug-likeness (QED) is 0.905. The summed E-state index contributed by atoms with van der Waals surface area (Å²) < 4.78 is 24.5. The number of nitrogens with two attached hydrogens (primary N) is 1. The predicted octanol–water partition coefficient (Wildman–Crippen LogP) is 4.09. The predicted molar refractivity (Wildman–Crippen MR) is 81.3 cm³/mol. The van der Waals surface area contributed by atoms with Crippen LogP contribution < -0.4 is 15.2 Å². The van der Waals surface area contributed by atoms with E-state index in [1.165, 1.54) is 12.1 Å². The molecule has 2 aromatic carbocycles. The lowest BCUT2D eigenvalue weighted by Crippen LogP contribution is -2.06. The molecule has 0 radical (unpaired) electrons. The third-order valence-electron chi connectivity index (χ3n) is 3.10. The Hall–Kier alpha value is -1.78. The summed E-state index contributed by atoms with van der Waals surface area (Å²) in [5, 5.41) is 0.467. The number of rotatable bonds is 5. The highest BCUT2D eigenvalue weighted by Crippen LogP contribution is 2.30. The Kier molecular flexibility index (Phi) is 5.04. The number of benzene rings is 2. The molecular weight excluding hydrogens is 293 g/mol. The largest absolute Gasteiger partial charge is 0.493 e. The number of methoxy groups -OCH3 is 1. The van der Waals surface area contributed by atoms with Crippen LogP contribution in [0.3, 0.4) is 0 Å². The molecule has 0 aliphatic heterocycles. The SMILES string of the molecule is COc1cc(C(C)N)ccc1OCc1cc(Cl)ccc1F. The molecule has 0 saturated heterocycles. The highest BCUT2D eigenvalue weighted by Gasteiger charge is 2.10. The molecule has 0 amide bonds. The van der Waals surface area contributed by atoms with E-state index in [1.54, 1.807) is 19.2 Å². The van der Waals surface area contributed by atoms with Gasteiger partial charge in [0.05, 0.1) is 7.11 Å². The van der Waals surface area contributed by atoms with Gasteiger partial charge in [-0.25, -0.2) is 4.39 Å². The minimum Gasteiger partial charge on any atom is -0.493 e. The molecule has 0 saturated carbocycles. The Bertz CT molecular complexity index is 632. The van der Waals surface area contributed by atoms with Crippen molar-refractivity contribution in [3.8, 4) is 11.5 Å². The van der Waals surface area contributed by atoms with Gasteiger partial charge in [-0.3, -0.25) is 0 Å². The lowest BCUT2D eigenvalue weighted by atomic mass is 10.1. The first-order valence-corrected chi connectivity index (χ1v) is 6.89. The Morgan fingerprint density at radius 2 is 1.95 bits per heavy atom. The Morgan fingerprint density at radius 3 is 2.62 bits per heavy atom. The van der Waals surface area contributed by atoms with Gasteiger partial charge in [0.25, 0.3) is 0 Å². The van der Waals surface area contributed by atoms with Gasteiger partial charge in [0.2, 0.25) is 0 Å². The van der Waals surface area contributed by atoms with Crippen LogP contribution in [0.5, 0.6) is 11.5 Å². The zero-order chi connectivity index (χ0) is 15.4. The summed E-state index contributed by atoms with van der Waals surface area (Å²) >= 11 is 5.85. The molecular formula is C16H17ClFNO2. The van der Waals surface area contributed by atoms with Crippen LogP contribution in [0.25, 0.3) is 0 Å². The van der Waals surface area contributed by atoms with Crippen LogP contribution in [0.4, 0.5) is 4.39 Å². The van der Waals surface area contributed by atoms with Crippen LogP contribution in [-0.4, -0.2) is 7.11 Å². The van der Waals surface area contributed by atoms with E-state index < -0.39 is 0 Å². The summed E-state index contributed by atoms with van der Waals surface area (Å²) in [7, 11) is 1.55.